The van der Waals surface area contributed by atoms with Crippen molar-refractivity contribution in [3.63, 3.8) is 0 Å². The van der Waals surface area contributed by atoms with Crippen molar-refractivity contribution in [1.82, 2.24) is 24.8 Å². The summed E-state index contributed by atoms with van der Waals surface area (Å²) in [5.41, 5.74) is 0.729. The van der Waals surface area contributed by atoms with Gasteiger partial charge in [0.2, 0.25) is 11.8 Å². The number of rotatable bonds is 8. The maximum Gasteiger partial charge on any atom is 0.393 e. The molecule has 2 atom stereocenters. The summed E-state index contributed by atoms with van der Waals surface area (Å²) in [6, 6.07) is 9.14. The van der Waals surface area contributed by atoms with Gasteiger partial charge in [0.05, 0.1) is 16.5 Å². The lowest BCUT2D eigenvalue weighted by atomic mass is 10.0. The molecule has 0 bridgehead atoms. The number of halogens is 5. The van der Waals surface area contributed by atoms with Crippen molar-refractivity contribution in [2.75, 3.05) is 6.54 Å². The number of ether oxygens (including phenoxy) is 1. The molecule has 224 valence electrons. The molecule has 43 heavy (non-hydrogen) atoms. The number of fused-ring (bicyclic) bond motifs is 1. The first-order valence-corrected chi connectivity index (χ1v) is 13.5. The van der Waals surface area contributed by atoms with Crippen LogP contribution in [0.3, 0.4) is 0 Å². The highest BCUT2D eigenvalue weighted by Gasteiger charge is 2.50. The zero-order valence-corrected chi connectivity index (χ0v) is 23.3. The zero-order valence-electron chi connectivity index (χ0n) is 22.6. The van der Waals surface area contributed by atoms with E-state index in [1.807, 2.05) is 0 Å². The number of carbonyl (C=O) groups excluding carboxylic acids is 3. The third-order valence-corrected chi connectivity index (χ3v) is 7.45. The van der Waals surface area contributed by atoms with Crippen molar-refractivity contribution in [2.45, 2.75) is 38.7 Å². The molecule has 0 aliphatic carbocycles. The molecule has 4 aromatic rings. The van der Waals surface area contributed by atoms with E-state index in [0.29, 0.717) is 16.7 Å². The van der Waals surface area contributed by atoms with Gasteiger partial charge in [0.25, 0.3) is 0 Å². The molecular formula is C29H24ClF4N5O4. The molecule has 0 saturated carbocycles. The maximum atomic E-state index is 14.3. The van der Waals surface area contributed by atoms with E-state index in [1.165, 1.54) is 48.3 Å². The van der Waals surface area contributed by atoms with Crippen molar-refractivity contribution in [1.29, 1.82) is 0 Å². The third-order valence-electron chi connectivity index (χ3n) is 7.16. The van der Waals surface area contributed by atoms with Gasteiger partial charge in [-0.25, -0.2) is 14.4 Å². The Kier molecular flexibility index (Phi) is 8.36. The molecule has 0 radical (unpaired) electrons. The van der Waals surface area contributed by atoms with E-state index in [2.05, 4.69) is 15.3 Å². The van der Waals surface area contributed by atoms with Gasteiger partial charge in [-0.1, -0.05) is 23.7 Å². The highest BCUT2D eigenvalue weighted by Crippen LogP contribution is 2.37. The van der Waals surface area contributed by atoms with Crippen LogP contribution < -0.4 is 10.1 Å². The summed E-state index contributed by atoms with van der Waals surface area (Å²) < 4.78 is 62.6. The molecule has 2 aromatic heterocycles. The molecule has 3 heterocycles. The van der Waals surface area contributed by atoms with E-state index >= 15 is 0 Å². The monoisotopic (exact) mass is 617 g/mol. The van der Waals surface area contributed by atoms with Crippen molar-refractivity contribution in [3.8, 4) is 11.8 Å². The highest BCUT2D eigenvalue weighted by atomic mass is 35.5. The van der Waals surface area contributed by atoms with Crippen molar-refractivity contribution >= 4 is 40.1 Å². The lowest BCUT2D eigenvalue weighted by Gasteiger charge is -2.24. The van der Waals surface area contributed by atoms with E-state index in [0.717, 1.165) is 4.90 Å². The predicted octanol–water partition coefficient (Wildman–Crippen LogP) is 5.31. The number of benzene rings is 2. The van der Waals surface area contributed by atoms with Crippen LogP contribution in [0.4, 0.5) is 17.6 Å². The number of ketones is 1. The van der Waals surface area contributed by atoms with Gasteiger partial charge in [0, 0.05) is 54.3 Å². The van der Waals surface area contributed by atoms with E-state index in [4.69, 9.17) is 16.3 Å². The van der Waals surface area contributed by atoms with E-state index in [1.54, 1.807) is 24.3 Å². The van der Waals surface area contributed by atoms with E-state index in [-0.39, 0.29) is 34.5 Å². The summed E-state index contributed by atoms with van der Waals surface area (Å²) in [5, 5.41) is 2.75. The number of hydrogen-bond donors (Lipinski definition) is 1. The molecule has 2 aromatic carbocycles. The van der Waals surface area contributed by atoms with Crippen LogP contribution in [0.5, 0.6) is 11.8 Å². The van der Waals surface area contributed by atoms with Crippen molar-refractivity contribution in [2.24, 2.45) is 5.92 Å². The first-order valence-electron chi connectivity index (χ1n) is 13.1. The normalized spacial score (nSPS) is 16.8. The topological polar surface area (TPSA) is 106 Å². The standard InChI is InChI=1S/C29H24ClF4N5O4/c1-16(40)21-14-38(23-11-19(6-7-20(21)23)43-28-35-8-3-9-36-28)15-25(41)39-13-18(29(32,33)34)10-24(39)27(42)37-12-17-4-2-5-22(30)26(17)31/h2-9,11,14,18,24H,10,12-13,15H2,1H3,(H,37,42)/t18-,24+/m1/s1. The van der Waals surface area contributed by atoms with Crippen molar-refractivity contribution < 1.29 is 36.7 Å². The molecular weight excluding hydrogens is 594 g/mol. The Morgan fingerprint density at radius 1 is 1.12 bits per heavy atom. The molecule has 14 heteroatoms. The molecule has 1 aliphatic rings. The molecule has 1 fully saturated rings. The average Bonchev–Trinajstić information content (AvgIpc) is 3.57. The number of carbonyl (C=O) groups is 3. The summed E-state index contributed by atoms with van der Waals surface area (Å²) in [6.07, 6.45) is -0.904. The fourth-order valence-electron chi connectivity index (χ4n) is 5.01. The van der Waals surface area contributed by atoms with Crippen LogP contribution in [0.15, 0.2) is 61.1 Å². The Labute approximate surface area is 247 Å². The molecule has 0 spiro atoms. The fraction of sp³-hybridized carbons (Fsp3) is 0.276. The maximum absolute atomic E-state index is 14.3. The predicted molar refractivity (Wildman–Crippen MR) is 147 cm³/mol. The van der Waals surface area contributed by atoms with Gasteiger partial charge >= 0.3 is 12.2 Å². The third kappa shape index (κ3) is 6.46. The number of nitrogens with zero attached hydrogens (tertiary/aromatic N) is 4. The van der Waals surface area contributed by atoms with Crippen LogP contribution >= 0.6 is 11.6 Å². The minimum absolute atomic E-state index is 0.0404. The highest BCUT2D eigenvalue weighted by molar-refractivity contribution is 6.30. The number of likely N-dealkylation sites (tertiary alicyclic amines) is 1. The quantitative estimate of drug-likeness (QED) is 0.212. The summed E-state index contributed by atoms with van der Waals surface area (Å²) in [7, 11) is 0. The van der Waals surface area contributed by atoms with Gasteiger partial charge in [0.1, 0.15) is 24.2 Å². The smallest absolute Gasteiger partial charge is 0.393 e. The zero-order chi connectivity index (χ0) is 30.9. The van der Waals surface area contributed by atoms with Crippen LogP contribution in [-0.2, 0) is 22.7 Å². The Bertz CT molecular complexity index is 1700. The lowest BCUT2D eigenvalue weighted by molar-refractivity contribution is -0.171. The molecule has 1 N–H and O–H groups in total. The largest absolute Gasteiger partial charge is 0.424 e. The Balaban J connectivity index is 1.41. The van der Waals surface area contributed by atoms with Gasteiger partial charge in [-0.15, -0.1) is 0 Å². The second kappa shape index (κ2) is 12.0. The molecule has 1 aliphatic heterocycles. The fourth-order valence-corrected chi connectivity index (χ4v) is 5.20. The first kappa shape index (κ1) is 30.0. The van der Waals surface area contributed by atoms with Gasteiger partial charge in [0.15, 0.2) is 5.78 Å². The minimum atomic E-state index is -4.65. The lowest BCUT2D eigenvalue weighted by Crippen LogP contribution is -2.46. The molecule has 5 rings (SSSR count). The van der Waals surface area contributed by atoms with Gasteiger partial charge in [-0.2, -0.15) is 13.2 Å². The van der Waals surface area contributed by atoms with Gasteiger partial charge < -0.3 is 19.5 Å². The molecule has 0 unspecified atom stereocenters. The Morgan fingerprint density at radius 3 is 2.56 bits per heavy atom. The number of aromatic nitrogens is 3. The number of amides is 2. The van der Waals surface area contributed by atoms with Gasteiger partial charge in [-0.05, 0) is 37.6 Å². The van der Waals surface area contributed by atoms with Crippen LogP contribution in [0.1, 0.15) is 29.3 Å². The summed E-state index contributed by atoms with van der Waals surface area (Å²) >= 11 is 5.78. The molecule has 1 saturated heterocycles. The number of alkyl halides is 3. The molecule has 2 amide bonds. The second-order valence-electron chi connectivity index (χ2n) is 10.0. The summed E-state index contributed by atoms with van der Waals surface area (Å²) in [4.78, 5) is 47.8. The summed E-state index contributed by atoms with van der Waals surface area (Å²) in [6.45, 7) is -0.185. The Morgan fingerprint density at radius 2 is 1.86 bits per heavy atom. The van der Waals surface area contributed by atoms with Crippen LogP contribution in [0, 0.1) is 11.7 Å². The average molecular weight is 618 g/mol. The number of nitrogens with one attached hydrogen (secondary N) is 1. The van der Waals surface area contributed by atoms with Crippen LogP contribution in [0.25, 0.3) is 10.9 Å². The minimum Gasteiger partial charge on any atom is -0.424 e. The Hall–Kier alpha value is -4.52. The number of Topliss-reactive ketones (excluding diaryl/α,β-unsaturated/α-hetero) is 1. The van der Waals surface area contributed by atoms with Gasteiger partial charge in [-0.3, -0.25) is 14.4 Å². The second-order valence-corrected chi connectivity index (χ2v) is 10.4. The van der Waals surface area contributed by atoms with E-state index < -0.39 is 55.3 Å². The van der Waals surface area contributed by atoms with E-state index in [9.17, 15) is 31.9 Å². The SMILES string of the molecule is CC(=O)c1cn(CC(=O)N2C[C@H](C(F)(F)F)C[C@H]2C(=O)NCc2cccc(Cl)c2F)c2cc(Oc3ncccn3)ccc12. The number of hydrogen-bond acceptors (Lipinski definition) is 6. The summed E-state index contributed by atoms with van der Waals surface area (Å²) in [5.74, 6) is -4.33. The van der Waals surface area contributed by atoms with Crippen LogP contribution in [-0.4, -0.2) is 55.8 Å². The molecule has 9 nitrogen and oxygen atoms in total. The van der Waals surface area contributed by atoms with Crippen molar-refractivity contribution in [3.05, 3.63) is 83.0 Å². The first-order chi connectivity index (χ1) is 20.4. The van der Waals surface area contributed by atoms with Crippen LogP contribution in [0.2, 0.25) is 5.02 Å².